The summed E-state index contributed by atoms with van der Waals surface area (Å²) in [5.74, 6) is -0.264. The van der Waals surface area contributed by atoms with Gasteiger partial charge in [-0.25, -0.2) is 0 Å². The molecule has 0 bridgehead atoms. The molecule has 0 radical (unpaired) electrons. The van der Waals surface area contributed by atoms with Gasteiger partial charge in [-0.3, -0.25) is 14.9 Å². The van der Waals surface area contributed by atoms with Crippen LogP contribution in [0.5, 0.6) is 11.5 Å². The Bertz CT molecular complexity index is 972. The van der Waals surface area contributed by atoms with Crippen LogP contribution in [0.25, 0.3) is 0 Å². The molecule has 1 amide bonds. The number of nitrogens with zero attached hydrogens (tertiary/aromatic N) is 3. The number of methoxy groups -OCH3 is 1. The number of phenolic OH excluding ortho intramolecular Hbond substituents is 1. The normalized spacial score (nSPS) is 14.5. The zero-order valence-electron chi connectivity index (χ0n) is 15.8. The van der Waals surface area contributed by atoms with E-state index in [0.717, 1.165) is 12.1 Å². The average molecular weight is 425 g/mol. The Balaban J connectivity index is 1.75. The highest BCUT2D eigenvalue weighted by atomic mass is 19.4. The second kappa shape index (κ2) is 8.09. The summed E-state index contributed by atoms with van der Waals surface area (Å²) < 4.78 is 43.6. The number of amides is 1. The van der Waals surface area contributed by atoms with Crippen molar-refractivity contribution in [3.63, 3.8) is 0 Å². The second-order valence-electron chi connectivity index (χ2n) is 6.62. The molecule has 2 aromatic rings. The highest BCUT2D eigenvalue weighted by molar-refractivity contribution is 5.97. The highest BCUT2D eigenvalue weighted by Gasteiger charge is 2.34. The number of piperazine rings is 1. The molecule has 1 aliphatic rings. The van der Waals surface area contributed by atoms with Gasteiger partial charge in [0.25, 0.3) is 11.6 Å². The Morgan fingerprint density at radius 3 is 2.33 bits per heavy atom. The van der Waals surface area contributed by atoms with Gasteiger partial charge in [0.2, 0.25) is 0 Å². The number of phenols is 1. The number of rotatable bonds is 4. The molecule has 3 rings (SSSR count). The summed E-state index contributed by atoms with van der Waals surface area (Å²) in [5, 5.41) is 21.3. The maximum absolute atomic E-state index is 12.9. The number of ether oxygens (including phenoxy) is 1. The third-order valence-electron chi connectivity index (χ3n) is 4.84. The van der Waals surface area contributed by atoms with Gasteiger partial charge in [0.1, 0.15) is 17.2 Å². The summed E-state index contributed by atoms with van der Waals surface area (Å²) in [6.45, 7) is 0.745. The van der Waals surface area contributed by atoms with Crippen LogP contribution < -0.4 is 9.64 Å². The van der Waals surface area contributed by atoms with Crippen molar-refractivity contribution in [2.45, 2.75) is 6.18 Å². The first-order valence-corrected chi connectivity index (χ1v) is 8.88. The van der Waals surface area contributed by atoms with Gasteiger partial charge in [-0.15, -0.1) is 0 Å². The lowest BCUT2D eigenvalue weighted by Crippen LogP contribution is -2.49. The molecule has 2 aromatic carbocycles. The van der Waals surface area contributed by atoms with Gasteiger partial charge in [-0.2, -0.15) is 13.2 Å². The Morgan fingerprint density at radius 1 is 1.13 bits per heavy atom. The van der Waals surface area contributed by atoms with Gasteiger partial charge < -0.3 is 19.6 Å². The minimum atomic E-state index is -4.69. The maximum Gasteiger partial charge on any atom is 0.416 e. The first-order valence-electron chi connectivity index (χ1n) is 8.88. The van der Waals surface area contributed by atoms with Crippen LogP contribution in [0.3, 0.4) is 0 Å². The Morgan fingerprint density at radius 2 is 1.80 bits per heavy atom. The molecule has 0 unspecified atom stereocenters. The van der Waals surface area contributed by atoms with Gasteiger partial charge in [0.05, 0.1) is 23.2 Å². The van der Waals surface area contributed by atoms with Crippen LogP contribution in [-0.2, 0) is 6.18 Å². The Kier molecular flexibility index (Phi) is 5.72. The van der Waals surface area contributed by atoms with Crippen molar-refractivity contribution in [2.24, 2.45) is 0 Å². The van der Waals surface area contributed by atoms with Crippen molar-refractivity contribution in [1.29, 1.82) is 0 Å². The van der Waals surface area contributed by atoms with E-state index in [-0.39, 0.29) is 43.2 Å². The van der Waals surface area contributed by atoms with Crippen LogP contribution in [0.15, 0.2) is 36.4 Å². The fourth-order valence-electron chi connectivity index (χ4n) is 3.25. The van der Waals surface area contributed by atoms with E-state index in [1.807, 2.05) is 0 Å². The molecule has 1 N–H and O–H groups in total. The van der Waals surface area contributed by atoms with Gasteiger partial charge in [-0.05, 0) is 24.3 Å². The van der Waals surface area contributed by atoms with E-state index in [2.05, 4.69) is 0 Å². The number of nitro groups is 1. The molecule has 0 aromatic heterocycles. The predicted octanol–water partition coefficient (Wildman–Crippen LogP) is 3.29. The Hall–Kier alpha value is -3.50. The van der Waals surface area contributed by atoms with Crippen LogP contribution in [0.4, 0.5) is 24.5 Å². The predicted molar refractivity (Wildman–Crippen MR) is 101 cm³/mol. The smallest absolute Gasteiger partial charge is 0.416 e. The highest BCUT2D eigenvalue weighted by Crippen LogP contribution is 2.37. The van der Waals surface area contributed by atoms with E-state index < -0.39 is 28.3 Å². The molecule has 0 atom stereocenters. The fraction of sp³-hybridized carbons (Fsp3) is 0.316. The zero-order valence-corrected chi connectivity index (χ0v) is 15.8. The third-order valence-corrected chi connectivity index (χ3v) is 4.84. The van der Waals surface area contributed by atoms with Crippen molar-refractivity contribution in [3.05, 3.63) is 57.6 Å². The van der Waals surface area contributed by atoms with E-state index in [4.69, 9.17) is 4.74 Å². The van der Waals surface area contributed by atoms with Crippen LogP contribution in [0.2, 0.25) is 0 Å². The van der Waals surface area contributed by atoms with Crippen molar-refractivity contribution in [1.82, 2.24) is 4.90 Å². The maximum atomic E-state index is 12.9. The molecular formula is C19H18F3N3O5. The van der Waals surface area contributed by atoms with E-state index in [0.29, 0.717) is 11.8 Å². The quantitative estimate of drug-likeness (QED) is 0.597. The van der Waals surface area contributed by atoms with E-state index >= 15 is 0 Å². The van der Waals surface area contributed by atoms with E-state index in [1.54, 1.807) is 4.90 Å². The van der Waals surface area contributed by atoms with Crippen molar-refractivity contribution < 1.29 is 32.7 Å². The van der Waals surface area contributed by atoms with Crippen molar-refractivity contribution in [3.8, 4) is 11.5 Å². The molecule has 0 aliphatic carbocycles. The lowest BCUT2D eigenvalue weighted by Gasteiger charge is -2.36. The second-order valence-corrected chi connectivity index (χ2v) is 6.62. The molecule has 1 saturated heterocycles. The third kappa shape index (κ3) is 4.24. The molecule has 0 spiro atoms. The minimum Gasteiger partial charge on any atom is -0.507 e. The number of anilines is 1. The zero-order chi connectivity index (χ0) is 22.1. The number of alkyl halides is 3. The summed E-state index contributed by atoms with van der Waals surface area (Å²) >= 11 is 0. The monoisotopic (exact) mass is 425 g/mol. The molecule has 1 aliphatic heterocycles. The molecule has 0 saturated carbocycles. The molecule has 1 fully saturated rings. The van der Waals surface area contributed by atoms with Crippen LogP contribution >= 0.6 is 0 Å². The standard InChI is InChI=1S/C19H18F3N3O5/c1-30-13-3-4-14(17(26)11-13)18(27)24-8-6-23(7-9-24)15-5-2-12(19(20,21)22)10-16(15)25(28)29/h2-5,10-11,26H,6-9H2,1H3. The van der Waals surface area contributed by atoms with Gasteiger partial charge in [-0.1, -0.05) is 0 Å². The fourth-order valence-corrected chi connectivity index (χ4v) is 3.25. The number of benzene rings is 2. The number of nitro benzene ring substituents is 1. The minimum absolute atomic E-state index is 0.0624. The van der Waals surface area contributed by atoms with Crippen LogP contribution in [0, 0.1) is 10.1 Å². The molecule has 160 valence electrons. The molecular weight excluding hydrogens is 407 g/mol. The topological polar surface area (TPSA) is 96.2 Å². The number of carbonyl (C=O) groups excluding carboxylic acids is 1. The average Bonchev–Trinajstić information content (AvgIpc) is 2.72. The van der Waals surface area contributed by atoms with Crippen LogP contribution in [-0.4, -0.2) is 54.1 Å². The number of halogens is 3. The largest absolute Gasteiger partial charge is 0.507 e. The summed E-state index contributed by atoms with van der Waals surface area (Å²) in [6, 6.07) is 6.68. The van der Waals surface area contributed by atoms with Gasteiger partial charge in [0, 0.05) is 38.3 Å². The number of aromatic hydroxyl groups is 1. The van der Waals surface area contributed by atoms with Crippen LogP contribution in [0.1, 0.15) is 15.9 Å². The molecule has 11 heteroatoms. The first kappa shape index (κ1) is 21.2. The van der Waals surface area contributed by atoms with Gasteiger partial charge >= 0.3 is 6.18 Å². The van der Waals surface area contributed by atoms with E-state index in [1.165, 1.54) is 30.2 Å². The van der Waals surface area contributed by atoms with Crippen molar-refractivity contribution >= 4 is 17.3 Å². The summed E-state index contributed by atoms with van der Waals surface area (Å²) in [7, 11) is 1.43. The Labute approximate surface area is 169 Å². The van der Waals surface area contributed by atoms with E-state index in [9.17, 15) is 33.2 Å². The van der Waals surface area contributed by atoms with Gasteiger partial charge in [0.15, 0.2) is 0 Å². The molecule has 30 heavy (non-hydrogen) atoms. The lowest BCUT2D eigenvalue weighted by atomic mass is 10.1. The number of carbonyl (C=O) groups is 1. The number of hydrogen-bond acceptors (Lipinski definition) is 6. The first-order chi connectivity index (χ1) is 14.1. The summed E-state index contributed by atoms with van der Waals surface area (Å²) in [4.78, 5) is 26.1. The summed E-state index contributed by atoms with van der Waals surface area (Å²) in [5.41, 5.74) is -1.59. The van der Waals surface area contributed by atoms with Crippen molar-refractivity contribution in [2.75, 3.05) is 38.2 Å². The SMILES string of the molecule is COc1ccc(C(=O)N2CCN(c3ccc(C(F)(F)F)cc3[N+](=O)[O-])CC2)c(O)c1. The lowest BCUT2D eigenvalue weighted by molar-refractivity contribution is -0.384. The summed E-state index contributed by atoms with van der Waals surface area (Å²) in [6.07, 6.45) is -4.69. The number of hydrogen-bond donors (Lipinski definition) is 1. The molecule has 1 heterocycles. The molecule has 8 nitrogen and oxygen atoms in total.